The maximum atomic E-state index is 10.7. The van der Waals surface area contributed by atoms with Crippen molar-refractivity contribution in [1.82, 2.24) is 5.32 Å². The summed E-state index contributed by atoms with van der Waals surface area (Å²) in [4.78, 5) is 10.7. The van der Waals surface area contributed by atoms with Crippen molar-refractivity contribution in [3.8, 4) is 0 Å². The third-order valence-electron chi connectivity index (χ3n) is 1.65. The minimum absolute atomic E-state index is 0.168. The van der Waals surface area contributed by atoms with Crippen molar-refractivity contribution in [2.24, 2.45) is 0 Å². The second-order valence-corrected chi connectivity index (χ2v) is 2.46. The molecular formula is C7H11NO. The highest BCUT2D eigenvalue weighted by molar-refractivity contribution is 5.94. The molecular weight excluding hydrogens is 114 g/mol. The van der Waals surface area contributed by atoms with E-state index in [0.29, 0.717) is 6.04 Å². The van der Waals surface area contributed by atoms with Crippen LogP contribution in [-0.4, -0.2) is 11.8 Å². The van der Waals surface area contributed by atoms with Crippen molar-refractivity contribution < 1.29 is 4.79 Å². The zero-order valence-corrected chi connectivity index (χ0v) is 5.99. The second kappa shape index (κ2) is 1.87. The molecule has 0 amide bonds. The number of allylic oxidation sites excluding steroid dienone is 1. The first kappa shape index (κ1) is 6.33. The normalized spacial score (nSPS) is 29.0. The number of Topliss-reactive ketones (excluding diaryl/α,β-unsaturated/α-hetero) is 1. The van der Waals surface area contributed by atoms with Crippen LogP contribution in [0.15, 0.2) is 11.3 Å². The Morgan fingerprint density at radius 2 is 2.00 bits per heavy atom. The predicted molar refractivity (Wildman–Crippen MR) is 36.0 cm³/mol. The molecule has 1 aliphatic heterocycles. The molecule has 0 aromatic heterocycles. The molecule has 1 fully saturated rings. The van der Waals surface area contributed by atoms with Gasteiger partial charge in [-0.25, -0.2) is 0 Å². The van der Waals surface area contributed by atoms with E-state index in [-0.39, 0.29) is 5.78 Å². The van der Waals surface area contributed by atoms with Crippen molar-refractivity contribution >= 4 is 5.78 Å². The topological polar surface area (TPSA) is 39.0 Å². The molecule has 50 valence electrons. The summed E-state index contributed by atoms with van der Waals surface area (Å²) in [6, 6.07) is 0.439. The Balaban J connectivity index is 2.72. The molecule has 0 saturated carbocycles. The standard InChI is InChI=1S/C7H11NO/c1-4(6(3)9)7-5(2)8-7/h5,8H,1-3H3. The predicted octanol–water partition coefficient (Wildman–Crippen LogP) is 0.841. The van der Waals surface area contributed by atoms with Crippen molar-refractivity contribution in [2.75, 3.05) is 0 Å². The number of carbonyl (C=O) groups is 1. The van der Waals surface area contributed by atoms with Gasteiger partial charge in [-0.05, 0) is 20.8 Å². The maximum Gasteiger partial charge on any atom is 0.157 e. The van der Waals surface area contributed by atoms with E-state index < -0.39 is 0 Å². The highest BCUT2D eigenvalue weighted by atomic mass is 16.1. The van der Waals surface area contributed by atoms with Crippen LogP contribution in [0.2, 0.25) is 0 Å². The highest BCUT2D eigenvalue weighted by Crippen LogP contribution is 2.19. The van der Waals surface area contributed by atoms with Crippen LogP contribution in [0.4, 0.5) is 0 Å². The molecule has 0 spiro atoms. The molecule has 1 atom stereocenters. The van der Waals surface area contributed by atoms with E-state index in [1.165, 1.54) is 0 Å². The summed E-state index contributed by atoms with van der Waals surface area (Å²) in [7, 11) is 0. The fraction of sp³-hybridized carbons (Fsp3) is 0.571. The average molecular weight is 125 g/mol. The molecule has 1 unspecified atom stereocenters. The smallest absolute Gasteiger partial charge is 0.157 e. The first-order chi connectivity index (χ1) is 4.13. The zero-order chi connectivity index (χ0) is 7.02. The molecule has 1 heterocycles. The lowest BCUT2D eigenvalue weighted by molar-refractivity contribution is -0.113. The molecule has 0 radical (unpaired) electrons. The summed E-state index contributed by atoms with van der Waals surface area (Å²) in [6.45, 7) is 5.49. The Morgan fingerprint density at radius 3 is 2.11 bits per heavy atom. The van der Waals surface area contributed by atoms with Gasteiger partial charge < -0.3 is 5.32 Å². The molecule has 1 N–H and O–H groups in total. The van der Waals surface area contributed by atoms with E-state index in [0.717, 1.165) is 11.3 Å². The molecule has 2 heteroatoms. The van der Waals surface area contributed by atoms with Crippen LogP contribution in [0.25, 0.3) is 0 Å². The van der Waals surface area contributed by atoms with Crippen molar-refractivity contribution in [3.05, 3.63) is 11.3 Å². The molecule has 1 saturated heterocycles. The van der Waals surface area contributed by atoms with E-state index in [9.17, 15) is 4.79 Å². The van der Waals surface area contributed by atoms with Gasteiger partial charge in [0.15, 0.2) is 5.78 Å². The summed E-state index contributed by atoms with van der Waals surface area (Å²) in [5, 5.41) is 3.07. The van der Waals surface area contributed by atoms with Crippen LogP contribution >= 0.6 is 0 Å². The third-order valence-corrected chi connectivity index (χ3v) is 1.65. The fourth-order valence-corrected chi connectivity index (χ4v) is 0.814. The first-order valence-electron chi connectivity index (χ1n) is 3.11. The van der Waals surface area contributed by atoms with E-state index in [1.807, 2.05) is 13.8 Å². The number of ketones is 1. The number of hydrogen-bond donors (Lipinski definition) is 1. The van der Waals surface area contributed by atoms with Crippen molar-refractivity contribution in [1.29, 1.82) is 0 Å². The van der Waals surface area contributed by atoms with Crippen molar-refractivity contribution in [3.63, 3.8) is 0 Å². The van der Waals surface area contributed by atoms with E-state index in [2.05, 4.69) is 5.32 Å². The lowest BCUT2D eigenvalue weighted by atomic mass is 10.2. The van der Waals surface area contributed by atoms with Gasteiger partial charge in [0.25, 0.3) is 0 Å². The molecule has 9 heavy (non-hydrogen) atoms. The first-order valence-corrected chi connectivity index (χ1v) is 3.11. The number of hydrogen-bond acceptors (Lipinski definition) is 2. The zero-order valence-electron chi connectivity index (χ0n) is 5.99. The van der Waals surface area contributed by atoms with E-state index in [4.69, 9.17) is 0 Å². The van der Waals surface area contributed by atoms with Crippen LogP contribution in [-0.2, 0) is 4.79 Å². The fourth-order valence-electron chi connectivity index (χ4n) is 0.814. The molecule has 0 aliphatic carbocycles. The molecule has 0 aromatic rings. The Bertz CT molecular complexity index is 181. The lowest BCUT2D eigenvalue weighted by Gasteiger charge is -1.86. The highest BCUT2D eigenvalue weighted by Gasteiger charge is 2.26. The number of carbonyl (C=O) groups excluding carboxylic acids is 1. The minimum Gasteiger partial charge on any atom is -0.378 e. The number of nitrogens with one attached hydrogen (secondary N) is 1. The third kappa shape index (κ3) is 1.12. The summed E-state index contributed by atoms with van der Waals surface area (Å²) < 4.78 is 0. The molecule has 0 bridgehead atoms. The Morgan fingerprint density at radius 1 is 1.56 bits per heavy atom. The SMILES string of the molecule is CC(=O)C(C)=C1NC1C. The molecule has 2 nitrogen and oxygen atoms in total. The molecule has 1 aliphatic rings. The molecule has 0 aromatic carbocycles. The van der Waals surface area contributed by atoms with Gasteiger partial charge in [-0.3, -0.25) is 4.79 Å². The van der Waals surface area contributed by atoms with Gasteiger partial charge in [0.1, 0.15) is 0 Å². The largest absolute Gasteiger partial charge is 0.378 e. The van der Waals surface area contributed by atoms with Gasteiger partial charge in [-0.2, -0.15) is 0 Å². The average Bonchev–Trinajstić information content (AvgIpc) is 2.44. The van der Waals surface area contributed by atoms with Crippen LogP contribution in [0, 0.1) is 0 Å². The van der Waals surface area contributed by atoms with Crippen LogP contribution < -0.4 is 5.32 Å². The summed E-state index contributed by atoms with van der Waals surface area (Å²) in [6.07, 6.45) is 0. The van der Waals surface area contributed by atoms with Gasteiger partial charge in [0, 0.05) is 11.3 Å². The maximum absolute atomic E-state index is 10.7. The Kier molecular flexibility index (Phi) is 1.31. The van der Waals surface area contributed by atoms with Gasteiger partial charge in [0.05, 0.1) is 6.04 Å². The van der Waals surface area contributed by atoms with Crippen LogP contribution in [0.5, 0.6) is 0 Å². The second-order valence-electron chi connectivity index (χ2n) is 2.46. The minimum atomic E-state index is 0.168. The summed E-state index contributed by atoms with van der Waals surface area (Å²) >= 11 is 0. The monoisotopic (exact) mass is 125 g/mol. The van der Waals surface area contributed by atoms with Crippen LogP contribution in [0.3, 0.4) is 0 Å². The van der Waals surface area contributed by atoms with Gasteiger partial charge in [-0.15, -0.1) is 0 Å². The molecule has 1 rings (SSSR count). The van der Waals surface area contributed by atoms with Gasteiger partial charge >= 0.3 is 0 Å². The quantitative estimate of drug-likeness (QED) is 0.416. The Hall–Kier alpha value is -0.790. The van der Waals surface area contributed by atoms with Gasteiger partial charge in [0.2, 0.25) is 0 Å². The summed E-state index contributed by atoms with van der Waals surface area (Å²) in [5.74, 6) is 0.168. The van der Waals surface area contributed by atoms with E-state index >= 15 is 0 Å². The van der Waals surface area contributed by atoms with Gasteiger partial charge in [-0.1, -0.05) is 0 Å². The van der Waals surface area contributed by atoms with E-state index in [1.54, 1.807) is 6.92 Å². The Labute approximate surface area is 54.9 Å². The van der Waals surface area contributed by atoms with Crippen LogP contribution in [0.1, 0.15) is 20.8 Å². The summed E-state index contributed by atoms with van der Waals surface area (Å²) in [5.41, 5.74) is 1.99. The lowest BCUT2D eigenvalue weighted by Crippen LogP contribution is -1.91. The number of rotatable bonds is 1. The van der Waals surface area contributed by atoms with Crippen molar-refractivity contribution in [2.45, 2.75) is 26.8 Å².